The van der Waals surface area contributed by atoms with Gasteiger partial charge >= 0.3 is 6.01 Å². The number of ether oxygens (including phenoxy) is 1. The Morgan fingerprint density at radius 1 is 0.456 bits per heavy atom. The number of para-hydroxylation sites is 2. The van der Waals surface area contributed by atoms with Crippen LogP contribution in [0.3, 0.4) is 0 Å². The Hall–Kier alpha value is -10.5. The average Bonchev–Trinajstić information content (AvgIpc) is 1.70. The van der Waals surface area contributed by atoms with Gasteiger partial charge in [-0.1, -0.05) is 218 Å². The SMILES string of the molecule is [2H]C([2H])([2H])c1cc(-n2c3cc(Oc4cccc([N+]5=C=[N+](c6c(-c7ccccc7)cc(C(C)(C)C)cc6-c6cc(-c7ccccc7)cc(-c7ccccc7)c6)c6ccccc65)c4)ccc3c3c(-c4ccccc4)cccc32)ncc1-c1ccc2c(c1)C(C)(C)CCC2(C)C. The molecule has 1 aliphatic heterocycles. The molecule has 2 aliphatic rings. The molecular weight excluding hydrogens is 1090 g/mol. The van der Waals surface area contributed by atoms with E-state index in [1.807, 2.05) is 24.3 Å². The van der Waals surface area contributed by atoms with E-state index in [9.17, 15) is 0 Å². The summed E-state index contributed by atoms with van der Waals surface area (Å²) in [5.74, 6) is 1.74. The van der Waals surface area contributed by atoms with E-state index in [-0.39, 0.29) is 21.8 Å². The van der Waals surface area contributed by atoms with Gasteiger partial charge in [-0.3, -0.25) is 4.57 Å². The summed E-state index contributed by atoms with van der Waals surface area (Å²) in [7, 11) is 0. The van der Waals surface area contributed by atoms with Gasteiger partial charge in [-0.25, -0.2) is 4.98 Å². The van der Waals surface area contributed by atoms with E-state index in [0.717, 1.165) is 119 Å². The standard InChI is InChI=1S/C85H72N4O/c1-56-45-80(86-54-73(56)61-39-42-74-75(49-61)85(7,8)44-43-84(74,5)6)89-78-38-24-35-69(59-29-17-11-18-30-59)81(78)70-41-40-68(53-79(70)89)90-67-34-23-33-66(52-67)87-55-88(77-37-22-21-36-76(77)87)82-71(60-31-19-12-20-32-60)50-65(83(2,3)4)51-72(82)64-47-62(57-25-13-9-14-26-57)46-63(48-64)58-27-15-10-16-28-58/h9-42,45-54H,43-44H2,1-8H3/q+2/i1D3. The molecule has 5 nitrogen and oxygen atoms in total. The van der Waals surface area contributed by atoms with Gasteiger partial charge in [0.05, 0.1) is 28.2 Å². The summed E-state index contributed by atoms with van der Waals surface area (Å²) in [6, 6.07) is 95.8. The van der Waals surface area contributed by atoms with Crippen LogP contribution in [-0.2, 0) is 16.2 Å². The molecule has 0 spiro atoms. The number of aryl methyl sites for hydroxylation is 1. The predicted molar refractivity (Wildman–Crippen MR) is 377 cm³/mol. The molecule has 5 heteroatoms. The van der Waals surface area contributed by atoms with Crippen molar-refractivity contribution in [1.29, 1.82) is 0 Å². The molecule has 3 heterocycles. The highest BCUT2D eigenvalue weighted by atomic mass is 16.5. The molecule has 90 heavy (non-hydrogen) atoms. The lowest BCUT2D eigenvalue weighted by molar-refractivity contribution is 0.332. The molecule has 1 aliphatic carbocycles. The van der Waals surface area contributed by atoms with Crippen molar-refractivity contribution in [2.75, 3.05) is 0 Å². The first-order valence-electron chi connectivity index (χ1n) is 32.9. The first kappa shape index (κ1) is 52.7. The number of hydrogen-bond donors (Lipinski definition) is 0. The summed E-state index contributed by atoms with van der Waals surface area (Å²) in [5, 5.41) is 2.01. The van der Waals surface area contributed by atoms with Gasteiger partial charge in [0.15, 0.2) is 0 Å². The van der Waals surface area contributed by atoms with Gasteiger partial charge in [0.2, 0.25) is 11.4 Å². The third kappa shape index (κ3) is 10.1. The van der Waals surface area contributed by atoms with Crippen molar-refractivity contribution in [2.24, 2.45) is 0 Å². The van der Waals surface area contributed by atoms with Crippen LogP contribution >= 0.6 is 0 Å². The number of fused-ring (bicyclic) bond motifs is 5. The Labute approximate surface area is 533 Å². The number of benzene rings is 11. The number of aromatic nitrogens is 2. The van der Waals surface area contributed by atoms with Crippen LogP contribution in [-0.4, -0.2) is 15.6 Å². The second kappa shape index (κ2) is 22.0. The van der Waals surface area contributed by atoms with Crippen molar-refractivity contribution < 1.29 is 8.85 Å². The van der Waals surface area contributed by atoms with Gasteiger partial charge in [-0.05, 0) is 178 Å². The topological polar surface area (TPSA) is 33.1 Å². The van der Waals surface area contributed by atoms with E-state index in [2.05, 4.69) is 299 Å². The molecule has 11 aromatic carbocycles. The van der Waals surface area contributed by atoms with E-state index in [1.54, 1.807) is 12.3 Å². The molecule has 15 rings (SSSR count). The van der Waals surface area contributed by atoms with Crippen LogP contribution in [0.1, 0.15) is 87.7 Å². The molecule has 0 N–H and O–H groups in total. The minimum atomic E-state index is -2.45. The van der Waals surface area contributed by atoms with Gasteiger partial charge < -0.3 is 4.74 Å². The summed E-state index contributed by atoms with van der Waals surface area (Å²) < 4.78 is 40.7. The largest absolute Gasteiger partial charge is 0.503 e. The second-order valence-corrected chi connectivity index (χ2v) is 26.6. The maximum Gasteiger partial charge on any atom is 0.503 e. The zero-order valence-corrected chi connectivity index (χ0v) is 52.0. The van der Waals surface area contributed by atoms with Crippen molar-refractivity contribution in [3.8, 4) is 84.1 Å². The molecule has 0 amide bonds. The van der Waals surface area contributed by atoms with Crippen molar-refractivity contribution >= 4 is 50.6 Å². The first-order chi connectivity index (χ1) is 44.8. The van der Waals surface area contributed by atoms with E-state index in [1.165, 1.54) is 16.7 Å². The molecule has 436 valence electrons. The summed E-state index contributed by atoms with van der Waals surface area (Å²) in [6.07, 6.45) is 3.91. The Bertz CT molecular complexity index is 5110. The number of rotatable bonds is 11. The fraction of sp³-hybridized carbons (Fsp3) is 0.153. The van der Waals surface area contributed by atoms with E-state index >= 15 is 0 Å². The lowest BCUT2D eigenvalue weighted by atomic mass is 9.63. The third-order valence-corrected chi connectivity index (χ3v) is 18.7. The smallest absolute Gasteiger partial charge is 0.457 e. The van der Waals surface area contributed by atoms with Gasteiger partial charge in [-0.2, -0.15) is 0 Å². The minimum absolute atomic E-state index is 0.0173. The summed E-state index contributed by atoms with van der Waals surface area (Å²) in [5.41, 5.74) is 21.9. The molecule has 13 aromatic rings. The zero-order chi connectivity index (χ0) is 64.0. The fourth-order valence-electron chi connectivity index (χ4n) is 13.8. The zero-order valence-electron chi connectivity index (χ0n) is 55.0. The number of pyridine rings is 1. The lowest BCUT2D eigenvalue weighted by Crippen LogP contribution is -2.33. The molecule has 0 saturated carbocycles. The van der Waals surface area contributed by atoms with Crippen LogP contribution in [0.2, 0.25) is 0 Å². The van der Waals surface area contributed by atoms with Crippen molar-refractivity contribution in [1.82, 2.24) is 18.7 Å². The van der Waals surface area contributed by atoms with Gasteiger partial charge in [0, 0.05) is 50.9 Å². The highest BCUT2D eigenvalue weighted by molar-refractivity contribution is 6.16. The Morgan fingerprint density at radius 3 is 1.67 bits per heavy atom. The molecule has 0 bridgehead atoms. The van der Waals surface area contributed by atoms with E-state index in [4.69, 9.17) is 13.8 Å². The molecule has 2 aromatic heterocycles. The van der Waals surface area contributed by atoms with E-state index in [0.29, 0.717) is 22.9 Å². The van der Waals surface area contributed by atoms with Gasteiger partial charge in [0.1, 0.15) is 17.3 Å². The lowest BCUT2D eigenvalue weighted by Gasteiger charge is -2.42. The average molecular weight is 1170 g/mol. The van der Waals surface area contributed by atoms with Crippen molar-refractivity contribution in [3.05, 3.63) is 289 Å². The second-order valence-electron chi connectivity index (χ2n) is 26.6. The van der Waals surface area contributed by atoms with Crippen molar-refractivity contribution in [3.63, 3.8) is 0 Å². The van der Waals surface area contributed by atoms with Crippen LogP contribution in [0.15, 0.2) is 267 Å². The monoisotopic (exact) mass is 1170 g/mol. The van der Waals surface area contributed by atoms with Gasteiger partial charge in [0.25, 0.3) is 11.4 Å². The Kier molecular flexibility index (Phi) is 12.9. The maximum atomic E-state index is 9.07. The fourth-order valence-corrected chi connectivity index (χ4v) is 13.8. The summed E-state index contributed by atoms with van der Waals surface area (Å²) in [4.78, 5) is 5.22. The molecule has 0 fully saturated rings. The third-order valence-electron chi connectivity index (χ3n) is 18.7. The Balaban J connectivity index is 0.886. The highest BCUT2D eigenvalue weighted by Crippen LogP contribution is 2.50. The Morgan fingerprint density at radius 2 is 1.02 bits per heavy atom. The maximum absolute atomic E-state index is 9.07. The highest BCUT2D eigenvalue weighted by Gasteiger charge is 2.41. The molecule has 0 radical (unpaired) electrons. The van der Waals surface area contributed by atoms with Crippen LogP contribution < -0.4 is 13.9 Å². The molecule has 0 unspecified atom stereocenters. The molecule has 0 atom stereocenters. The quantitative estimate of drug-likeness (QED) is 0.121. The van der Waals surface area contributed by atoms with Crippen LogP contribution in [0.25, 0.3) is 94.4 Å². The van der Waals surface area contributed by atoms with E-state index < -0.39 is 6.85 Å². The normalized spacial score (nSPS) is 14.7. The molecular formula is C85H72N4O+2. The van der Waals surface area contributed by atoms with Gasteiger partial charge in [-0.15, -0.1) is 0 Å². The molecule has 0 saturated heterocycles. The van der Waals surface area contributed by atoms with Crippen LogP contribution in [0, 0.1) is 6.85 Å². The number of hydrogen-bond acceptors (Lipinski definition) is 2. The predicted octanol–water partition coefficient (Wildman–Crippen LogP) is 22.8. The first-order valence-corrected chi connectivity index (χ1v) is 31.4. The summed E-state index contributed by atoms with van der Waals surface area (Å²) >= 11 is 0. The van der Waals surface area contributed by atoms with Crippen LogP contribution in [0.5, 0.6) is 11.5 Å². The van der Waals surface area contributed by atoms with Crippen LogP contribution in [0.4, 0.5) is 22.7 Å². The summed E-state index contributed by atoms with van der Waals surface area (Å²) in [6.45, 7) is 13.6. The minimum Gasteiger partial charge on any atom is -0.457 e. The number of nitrogens with zero attached hydrogens (tertiary/aromatic N) is 4. The van der Waals surface area contributed by atoms with Crippen molar-refractivity contribution in [2.45, 2.75) is 84.4 Å².